The van der Waals surface area contributed by atoms with Crippen molar-refractivity contribution in [3.8, 4) is 0 Å². The summed E-state index contributed by atoms with van der Waals surface area (Å²) in [5, 5.41) is 4.50. The van der Waals surface area contributed by atoms with Crippen LogP contribution in [0.15, 0.2) is 0 Å². The molecule has 18 heavy (non-hydrogen) atoms. The van der Waals surface area contributed by atoms with Crippen molar-refractivity contribution in [3.05, 3.63) is 22.8 Å². The molecular formula is C13H19N3S2. The highest BCUT2D eigenvalue weighted by molar-refractivity contribution is 8.06. The normalized spacial score (nSPS) is 27.9. The number of aromatic nitrogens is 2. The number of thioether (sulfide) groups is 2. The fourth-order valence-corrected chi connectivity index (χ4v) is 5.30. The molecule has 1 N–H and O–H groups in total. The van der Waals surface area contributed by atoms with Crippen LogP contribution in [0.25, 0.3) is 0 Å². The van der Waals surface area contributed by atoms with Crippen LogP contribution in [-0.2, 0) is 13.0 Å². The van der Waals surface area contributed by atoms with E-state index in [1.807, 2.05) is 23.5 Å². The fraction of sp³-hybridized carbons (Fsp3) is 0.692. The molecule has 3 heterocycles. The van der Waals surface area contributed by atoms with Gasteiger partial charge in [0.05, 0.1) is 10.9 Å². The van der Waals surface area contributed by atoms with Crippen molar-refractivity contribution in [2.24, 2.45) is 0 Å². The van der Waals surface area contributed by atoms with Crippen LogP contribution >= 0.6 is 23.5 Å². The molecule has 3 rings (SSSR count). The molecule has 2 unspecified atom stereocenters. The Kier molecular flexibility index (Phi) is 3.82. The van der Waals surface area contributed by atoms with E-state index in [1.54, 1.807) is 0 Å². The first-order chi connectivity index (χ1) is 8.75. The zero-order valence-electron chi connectivity index (χ0n) is 10.9. The van der Waals surface area contributed by atoms with E-state index in [4.69, 9.17) is 9.97 Å². The first kappa shape index (κ1) is 12.8. The van der Waals surface area contributed by atoms with Gasteiger partial charge in [0.25, 0.3) is 0 Å². The Balaban J connectivity index is 1.94. The average molecular weight is 281 g/mol. The molecule has 0 radical (unpaired) electrons. The number of nitrogens with one attached hydrogen (secondary N) is 1. The third-order valence-corrected chi connectivity index (χ3v) is 6.69. The van der Waals surface area contributed by atoms with Crippen molar-refractivity contribution in [3.63, 3.8) is 0 Å². The highest BCUT2D eigenvalue weighted by Gasteiger charge is 2.28. The molecule has 3 nitrogen and oxygen atoms in total. The Bertz CT molecular complexity index is 450. The smallest absolute Gasteiger partial charge is 0.142 e. The Hall–Kier alpha value is -0.260. The van der Waals surface area contributed by atoms with Gasteiger partial charge in [0.1, 0.15) is 5.82 Å². The summed E-state index contributed by atoms with van der Waals surface area (Å²) in [6, 6.07) is 0. The van der Waals surface area contributed by atoms with Crippen LogP contribution in [0.5, 0.6) is 0 Å². The Morgan fingerprint density at radius 3 is 2.89 bits per heavy atom. The van der Waals surface area contributed by atoms with Crippen LogP contribution in [0.1, 0.15) is 34.9 Å². The van der Waals surface area contributed by atoms with Gasteiger partial charge < -0.3 is 5.32 Å². The number of rotatable bonds is 1. The summed E-state index contributed by atoms with van der Waals surface area (Å²) in [5.74, 6) is 3.53. The van der Waals surface area contributed by atoms with Gasteiger partial charge in [-0.3, -0.25) is 0 Å². The molecule has 2 aliphatic heterocycles. The molecule has 0 aromatic carbocycles. The minimum absolute atomic E-state index is 0.467. The molecule has 0 aliphatic carbocycles. The largest absolute Gasteiger partial charge is 0.311 e. The zero-order valence-corrected chi connectivity index (χ0v) is 12.5. The van der Waals surface area contributed by atoms with E-state index in [1.165, 1.54) is 28.5 Å². The molecular weight excluding hydrogens is 262 g/mol. The summed E-state index contributed by atoms with van der Waals surface area (Å²) in [6.45, 7) is 6.41. The Morgan fingerprint density at radius 1 is 1.22 bits per heavy atom. The summed E-state index contributed by atoms with van der Waals surface area (Å²) in [4.78, 5) is 9.63. The summed E-state index contributed by atoms with van der Waals surface area (Å²) in [7, 11) is 0. The van der Waals surface area contributed by atoms with E-state index in [9.17, 15) is 0 Å². The quantitative estimate of drug-likeness (QED) is 0.855. The minimum Gasteiger partial charge on any atom is -0.311 e. The van der Waals surface area contributed by atoms with Crippen molar-refractivity contribution in [2.45, 2.75) is 37.3 Å². The van der Waals surface area contributed by atoms with Crippen LogP contribution in [-0.4, -0.2) is 33.3 Å². The SMILES string of the molecule is Cc1nc(C2SCCSC2C)nc2c1CCNC2. The molecule has 1 fully saturated rings. The van der Waals surface area contributed by atoms with Crippen LogP contribution in [0.3, 0.4) is 0 Å². The molecule has 1 aromatic heterocycles. The monoisotopic (exact) mass is 281 g/mol. The second-order valence-corrected chi connectivity index (χ2v) is 7.62. The number of nitrogens with zero attached hydrogens (tertiary/aromatic N) is 2. The number of hydrogen-bond acceptors (Lipinski definition) is 5. The van der Waals surface area contributed by atoms with Crippen molar-refractivity contribution >= 4 is 23.5 Å². The van der Waals surface area contributed by atoms with E-state index in [0.29, 0.717) is 10.5 Å². The summed E-state index contributed by atoms with van der Waals surface area (Å²) in [5.41, 5.74) is 3.80. The van der Waals surface area contributed by atoms with Crippen LogP contribution < -0.4 is 5.32 Å². The van der Waals surface area contributed by atoms with Gasteiger partial charge in [-0.25, -0.2) is 9.97 Å². The van der Waals surface area contributed by atoms with Crippen molar-refractivity contribution in [1.82, 2.24) is 15.3 Å². The highest BCUT2D eigenvalue weighted by atomic mass is 32.2. The van der Waals surface area contributed by atoms with Gasteiger partial charge in [0.2, 0.25) is 0 Å². The van der Waals surface area contributed by atoms with E-state index in [2.05, 4.69) is 19.2 Å². The topological polar surface area (TPSA) is 37.8 Å². The zero-order chi connectivity index (χ0) is 12.5. The predicted octanol–water partition coefficient (Wildman–Crippen LogP) is 2.34. The van der Waals surface area contributed by atoms with Gasteiger partial charge in [0, 0.05) is 29.0 Å². The van der Waals surface area contributed by atoms with E-state index in [0.717, 1.165) is 25.3 Å². The van der Waals surface area contributed by atoms with E-state index >= 15 is 0 Å². The van der Waals surface area contributed by atoms with Crippen LogP contribution in [0.2, 0.25) is 0 Å². The van der Waals surface area contributed by atoms with Crippen molar-refractivity contribution in [2.75, 3.05) is 18.1 Å². The first-order valence-corrected chi connectivity index (χ1v) is 8.65. The number of fused-ring (bicyclic) bond motifs is 1. The highest BCUT2D eigenvalue weighted by Crippen LogP contribution is 2.41. The summed E-state index contributed by atoms with van der Waals surface area (Å²) < 4.78 is 0. The van der Waals surface area contributed by atoms with Gasteiger partial charge in [-0.2, -0.15) is 11.8 Å². The first-order valence-electron chi connectivity index (χ1n) is 6.56. The molecule has 5 heteroatoms. The van der Waals surface area contributed by atoms with Gasteiger partial charge in [-0.15, -0.1) is 11.8 Å². The minimum atomic E-state index is 0.467. The lowest BCUT2D eigenvalue weighted by atomic mass is 10.0. The average Bonchev–Trinajstić information content (AvgIpc) is 2.39. The second kappa shape index (κ2) is 5.39. The van der Waals surface area contributed by atoms with Crippen molar-refractivity contribution < 1.29 is 0 Å². The molecule has 1 saturated heterocycles. The third kappa shape index (κ3) is 2.40. The number of hydrogen-bond donors (Lipinski definition) is 1. The third-order valence-electron chi connectivity index (χ3n) is 3.60. The maximum Gasteiger partial charge on any atom is 0.142 e. The predicted molar refractivity (Wildman–Crippen MR) is 79.3 cm³/mol. The molecule has 2 aliphatic rings. The molecule has 0 amide bonds. The summed E-state index contributed by atoms with van der Waals surface area (Å²) in [6.07, 6.45) is 1.07. The molecule has 2 atom stereocenters. The summed E-state index contributed by atoms with van der Waals surface area (Å²) >= 11 is 4.07. The van der Waals surface area contributed by atoms with Crippen molar-refractivity contribution in [1.29, 1.82) is 0 Å². The molecule has 98 valence electrons. The molecule has 0 spiro atoms. The molecule has 0 saturated carbocycles. The number of aryl methyl sites for hydroxylation is 1. The lowest BCUT2D eigenvalue weighted by Crippen LogP contribution is -2.28. The fourth-order valence-electron chi connectivity index (χ4n) is 2.61. The van der Waals surface area contributed by atoms with E-state index in [-0.39, 0.29) is 0 Å². The molecule has 1 aromatic rings. The lowest BCUT2D eigenvalue weighted by Gasteiger charge is -2.28. The van der Waals surface area contributed by atoms with Gasteiger partial charge in [-0.05, 0) is 25.5 Å². The van der Waals surface area contributed by atoms with E-state index < -0.39 is 0 Å². The Labute approximate surface area is 117 Å². The molecule has 0 bridgehead atoms. The van der Waals surface area contributed by atoms with Gasteiger partial charge in [-0.1, -0.05) is 6.92 Å². The lowest BCUT2D eigenvalue weighted by molar-refractivity contribution is 0.609. The second-order valence-electron chi connectivity index (χ2n) is 4.89. The maximum absolute atomic E-state index is 4.84. The maximum atomic E-state index is 4.84. The van der Waals surface area contributed by atoms with Crippen LogP contribution in [0.4, 0.5) is 0 Å². The van der Waals surface area contributed by atoms with Gasteiger partial charge >= 0.3 is 0 Å². The standard InChI is InChI=1S/C13H19N3S2/c1-8-10-3-4-14-7-11(10)16-13(15-8)12-9(2)17-5-6-18-12/h9,12,14H,3-7H2,1-2H3. The van der Waals surface area contributed by atoms with Crippen LogP contribution in [0, 0.1) is 6.92 Å². The van der Waals surface area contributed by atoms with Gasteiger partial charge in [0.15, 0.2) is 0 Å². The Morgan fingerprint density at radius 2 is 2.06 bits per heavy atom.